The van der Waals surface area contributed by atoms with Crippen LogP contribution in [0.25, 0.3) is 0 Å². The maximum atomic E-state index is 13.7. The smallest absolute Gasteiger partial charge is 0.407 e. The lowest BCUT2D eigenvalue weighted by molar-refractivity contribution is 0.0527. The number of phenolic OH excluding ortho intramolecular Hbond substituents is 1. The van der Waals surface area contributed by atoms with Crippen LogP contribution >= 0.6 is 0 Å². The van der Waals surface area contributed by atoms with Crippen molar-refractivity contribution in [2.45, 2.75) is 45.8 Å². The van der Waals surface area contributed by atoms with Gasteiger partial charge in [-0.2, -0.15) is 0 Å². The molecule has 1 aromatic carbocycles. The third-order valence-corrected chi connectivity index (χ3v) is 2.92. The van der Waals surface area contributed by atoms with Crippen LogP contribution in [0, 0.1) is 5.82 Å². The zero-order valence-electron chi connectivity index (χ0n) is 13.6. The van der Waals surface area contributed by atoms with Gasteiger partial charge in [-0.3, -0.25) is 0 Å². The van der Waals surface area contributed by atoms with Crippen molar-refractivity contribution in [1.82, 2.24) is 10.6 Å². The van der Waals surface area contributed by atoms with Gasteiger partial charge in [-0.05, 0) is 46.7 Å². The monoisotopic (exact) mass is 312 g/mol. The Morgan fingerprint density at radius 1 is 1.36 bits per heavy atom. The largest absolute Gasteiger partial charge is 0.508 e. The van der Waals surface area contributed by atoms with Crippen LogP contribution in [0.1, 0.15) is 45.7 Å². The Bertz CT molecular complexity index is 501. The fraction of sp³-hybridized carbons (Fsp3) is 0.562. The van der Waals surface area contributed by atoms with Gasteiger partial charge in [-0.1, -0.05) is 6.07 Å². The van der Waals surface area contributed by atoms with Crippen LogP contribution < -0.4 is 10.6 Å². The zero-order chi connectivity index (χ0) is 16.8. The number of hydrogen-bond acceptors (Lipinski definition) is 4. The number of alkyl carbamates (subject to hydrolysis) is 1. The van der Waals surface area contributed by atoms with E-state index in [2.05, 4.69) is 10.6 Å². The lowest BCUT2D eigenvalue weighted by Gasteiger charge is -2.20. The van der Waals surface area contributed by atoms with Crippen LogP contribution in [0.5, 0.6) is 5.75 Å². The highest BCUT2D eigenvalue weighted by atomic mass is 19.1. The summed E-state index contributed by atoms with van der Waals surface area (Å²) in [5, 5.41) is 15.0. The maximum absolute atomic E-state index is 13.7. The molecule has 0 saturated carbocycles. The molecule has 0 radical (unpaired) electrons. The number of benzene rings is 1. The molecular formula is C16H25FN2O3. The van der Waals surface area contributed by atoms with E-state index in [0.717, 1.165) is 6.07 Å². The molecule has 0 saturated heterocycles. The van der Waals surface area contributed by atoms with Gasteiger partial charge < -0.3 is 20.5 Å². The molecule has 0 heterocycles. The Hall–Kier alpha value is -1.82. The van der Waals surface area contributed by atoms with Gasteiger partial charge in [-0.25, -0.2) is 9.18 Å². The highest BCUT2D eigenvalue weighted by Crippen LogP contribution is 2.20. The number of hydrogen-bond donors (Lipinski definition) is 3. The summed E-state index contributed by atoms with van der Waals surface area (Å²) in [5.41, 5.74) is -0.00865. The lowest BCUT2D eigenvalue weighted by atomic mass is 10.1. The molecule has 1 unspecified atom stereocenters. The van der Waals surface area contributed by atoms with Gasteiger partial charge >= 0.3 is 6.09 Å². The molecule has 124 valence electrons. The van der Waals surface area contributed by atoms with Gasteiger partial charge in [0.15, 0.2) is 0 Å². The van der Waals surface area contributed by atoms with Gasteiger partial charge in [0.05, 0.1) is 0 Å². The van der Waals surface area contributed by atoms with Gasteiger partial charge in [0, 0.05) is 24.2 Å². The topological polar surface area (TPSA) is 70.6 Å². The first-order chi connectivity index (χ1) is 10.2. The molecule has 1 atom stereocenters. The highest BCUT2D eigenvalue weighted by Gasteiger charge is 2.15. The minimum Gasteiger partial charge on any atom is -0.508 e. The second-order valence-electron chi connectivity index (χ2n) is 6.16. The highest BCUT2D eigenvalue weighted by molar-refractivity contribution is 5.67. The van der Waals surface area contributed by atoms with Gasteiger partial charge in [0.25, 0.3) is 0 Å². The first-order valence-electron chi connectivity index (χ1n) is 7.37. The SMILES string of the molecule is CC(NCCCNC(=O)OC(C)(C)C)c1ccc(O)cc1F. The van der Waals surface area contributed by atoms with E-state index in [4.69, 9.17) is 4.74 Å². The maximum Gasteiger partial charge on any atom is 0.407 e. The number of amides is 1. The van der Waals surface area contributed by atoms with Crippen LogP contribution in [0.15, 0.2) is 18.2 Å². The molecule has 1 rings (SSSR count). The first kappa shape index (κ1) is 18.2. The molecule has 0 fully saturated rings. The van der Waals surface area contributed by atoms with Crippen molar-refractivity contribution < 1.29 is 19.0 Å². The molecule has 1 aromatic rings. The van der Waals surface area contributed by atoms with Crippen LogP contribution in [0.2, 0.25) is 0 Å². The van der Waals surface area contributed by atoms with E-state index >= 15 is 0 Å². The molecule has 22 heavy (non-hydrogen) atoms. The van der Waals surface area contributed by atoms with E-state index in [0.29, 0.717) is 25.1 Å². The summed E-state index contributed by atoms with van der Waals surface area (Å²) in [6.07, 6.45) is 0.258. The molecule has 0 aromatic heterocycles. The number of phenols is 1. The standard InChI is InChI=1S/C16H25FN2O3/c1-11(13-7-6-12(20)10-14(13)17)18-8-5-9-19-15(21)22-16(2,3)4/h6-7,10-11,18,20H,5,8-9H2,1-4H3,(H,19,21). The summed E-state index contributed by atoms with van der Waals surface area (Å²) < 4.78 is 18.8. The predicted molar refractivity (Wildman–Crippen MR) is 83.3 cm³/mol. The van der Waals surface area contributed by atoms with Crippen molar-refractivity contribution in [1.29, 1.82) is 0 Å². The van der Waals surface area contributed by atoms with Crippen molar-refractivity contribution in [2.24, 2.45) is 0 Å². The van der Waals surface area contributed by atoms with Gasteiger partial charge in [-0.15, -0.1) is 0 Å². The number of carbonyl (C=O) groups excluding carboxylic acids is 1. The summed E-state index contributed by atoms with van der Waals surface area (Å²) in [6, 6.07) is 3.93. The second kappa shape index (κ2) is 7.98. The van der Waals surface area contributed by atoms with Crippen molar-refractivity contribution in [3.05, 3.63) is 29.6 Å². The molecule has 0 aliphatic heterocycles. The van der Waals surface area contributed by atoms with Gasteiger partial charge in [0.1, 0.15) is 17.2 Å². The number of ether oxygens (including phenoxy) is 1. The van der Waals surface area contributed by atoms with E-state index in [1.54, 1.807) is 6.07 Å². The molecule has 0 aliphatic carbocycles. The molecule has 1 amide bonds. The molecule has 5 nitrogen and oxygen atoms in total. The first-order valence-corrected chi connectivity index (χ1v) is 7.37. The number of halogens is 1. The third-order valence-electron chi connectivity index (χ3n) is 2.92. The normalized spacial score (nSPS) is 12.8. The Labute approximate surface area is 130 Å². The second-order valence-corrected chi connectivity index (χ2v) is 6.16. The lowest BCUT2D eigenvalue weighted by Crippen LogP contribution is -2.34. The van der Waals surface area contributed by atoms with Crippen LogP contribution in [-0.4, -0.2) is 29.9 Å². The van der Waals surface area contributed by atoms with E-state index in [9.17, 15) is 14.3 Å². The van der Waals surface area contributed by atoms with E-state index in [-0.39, 0.29) is 11.8 Å². The molecule has 3 N–H and O–H groups in total. The minimum atomic E-state index is -0.507. The zero-order valence-corrected chi connectivity index (χ0v) is 13.6. The average molecular weight is 312 g/mol. The van der Waals surface area contributed by atoms with Crippen molar-refractivity contribution >= 4 is 6.09 Å². The fourth-order valence-corrected chi connectivity index (χ4v) is 1.89. The Kier molecular flexibility index (Phi) is 6.61. The average Bonchev–Trinajstić information content (AvgIpc) is 2.35. The fourth-order valence-electron chi connectivity index (χ4n) is 1.89. The molecular weight excluding hydrogens is 287 g/mol. The van der Waals surface area contributed by atoms with Crippen LogP contribution in [-0.2, 0) is 4.74 Å². The number of carbonyl (C=O) groups is 1. The van der Waals surface area contributed by atoms with E-state index in [1.807, 2.05) is 27.7 Å². The summed E-state index contributed by atoms with van der Waals surface area (Å²) in [6.45, 7) is 8.37. The Morgan fingerprint density at radius 3 is 2.64 bits per heavy atom. The predicted octanol–water partition coefficient (Wildman–Crippen LogP) is 3.10. The minimum absolute atomic E-state index is 0.0880. The van der Waals surface area contributed by atoms with Crippen molar-refractivity contribution in [2.75, 3.05) is 13.1 Å². The molecule has 0 bridgehead atoms. The summed E-state index contributed by atoms with van der Waals surface area (Å²) in [7, 11) is 0. The number of aromatic hydroxyl groups is 1. The summed E-state index contributed by atoms with van der Waals surface area (Å²) >= 11 is 0. The van der Waals surface area contributed by atoms with Crippen molar-refractivity contribution in [3.8, 4) is 5.75 Å². The Balaban J connectivity index is 2.26. The van der Waals surface area contributed by atoms with Crippen LogP contribution in [0.3, 0.4) is 0 Å². The van der Waals surface area contributed by atoms with Gasteiger partial charge in [0.2, 0.25) is 0 Å². The van der Waals surface area contributed by atoms with Crippen molar-refractivity contribution in [3.63, 3.8) is 0 Å². The quantitative estimate of drug-likeness (QED) is 0.706. The van der Waals surface area contributed by atoms with E-state index in [1.165, 1.54) is 6.07 Å². The van der Waals surface area contributed by atoms with E-state index < -0.39 is 17.5 Å². The van der Waals surface area contributed by atoms with Crippen LogP contribution in [0.4, 0.5) is 9.18 Å². The number of nitrogens with one attached hydrogen (secondary N) is 2. The molecule has 0 spiro atoms. The number of rotatable bonds is 6. The Morgan fingerprint density at radius 2 is 2.05 bits per heavy atom. The molecule has 0 aliphatic rings. The summed E-state index contributed by atoms with van der Waals surface area (Å²) in [5.74, 6) is -0.526. The third kappa shape index (κ3) is 6.76. The summed E-state index contributed by atoms with van der Waals surface area (Å²) in [4.78, 5) is 11.4. The molecule has 6 heteroatoms.